The van der Waals surface area contributed by atoms with Crippen molar-refractivity contribution in [1.29, 1.82) is 5.26 Å². The Hall–Kier alpha value is -7.17. The second-order valence-electron chi connectivity index (χ2n) is 11.9. The minimum Gasteiger partial charge on any atom is -0.475 e. The van der Waals surface area contributed by atoms with Crippen LogP contribution < -0.4 is 20.9 Å². The number of nitriles is 1. The van der Waals surface area contributed by atoms with Gasteiger partial charge in [-0.25, -0.2) is 29.1 Å². The summed E-state index contributed by atoms with van der Waals surface area (Å²) < 4.78 is 95.2. The number of carboxylic acid groups (broad SMARTS) is 3. The molecule has 1 fully saturated rings. The fraction of sp³-hybridized carbons (Fsp3) is 0.265. The van der Waals surface area contributed by atoms with Gasteiger partial charge in [-0.05, 0) is 60.4 Å². The summed E-state index contributed by atoms with van der Waals surface area (Å²) in [6.45, 7) is 2.21. The number of aryl methyl sites for hydroxylation is 2. The number of carboxylic acids is 3. The summed E-state index contributed by atoms with van der Waals surface area (Å²) in [6, 6.07) is 13.3. The summed E-state index contributed by atoms with van der Waals surface area (Å²) in [4.78, 5) is 61.3. The third-order valence-electron chi connectivity index (χ3n) is 7.59. The van der Waals surface area contributed by atoms with Gasteiger partial charge in [0.1, 0.15) is 16.9 Å². The summed E-state index contributed by atoms with van der Waals surface area (Å²) in [6.07, 6.45) is -7.08. The van der Waals surface area contributed by atoms with Gasteiger partial charge in [0, 0.05) is 49.9 Å². The Bertz CT molecular complexity index is 2190. The van der Waals surface area contributed by atoms with Gasteiger partial charge in [0.05, 0.1) is 23.6 Å². The second kappa shape index (κ2) is 20.7. The number of amides is 2. The smallest absolute Gasteiger partial charge is 0.475 e. The molecular weight excluding hydrogens is 867 g/mol. The SMILES string of the molecule is N#Cc1cccnc1N1CCN(C(=O)Nc2ccc3cc2CCc2cncc(c2)Nc2ncc(Cl)c(n2)N3)CC1.O=C(O)C(F)(F)F.O=C(O)C(F)(F)F.O=C(O)C(F)(F)F. The van der Waals surface area contributed by atoms with Crippen LogP contribution in [0, 0.1) is 11.3 Å². The molecule has 5 heterocycles. The number of pyridine rings is 2. The molecule has 17 nitrogen and oxygen atoms in total. The minimum absolute atomic E-state index is 0.169. The standard InChI is InChI=1S/C28H25ClN10O.3C2HF3O2/c29-23-17-33-27-35-22-12-18(15-31-16-22)3-4-19-13-21(34-25(23)37-27)5-6-24(19)36-28(40)39-10-8-38(9-11-39)26-20(14-30)2-1-7-32-26;3*3-2(4,5)1(6)7/h1-2,5-7,12-13,15-17H,3-4,8-11H2,(H,36,40)(H2,33,34,35,37);3*(H,6,7). The first kappa shape index (κ1) is 48.2. The largest absolute Gasteiger partial charge is 0.490 e. The highest BCUT2D eigenvalue weighted by Crippen LogP contribution is 2.30. The molecule has 2 amide bonds. The fourth-order valence-electron chi connectivity index (χ4n) is 4.80. The lowest BCUT2D eigenvalue weighted by molar-refractivity contribution is -0.193. The zero-order valence-electron chi connectivity index (χ0n) is 30.4. The van der Waals surface area contributed by atoms with E-state index in [4.69, 9.17) is 41.3 Å². The number of carbonyl (C=O) groups is 4. The van der Waals surface area contributed by atoms with E-state index in [1.165, 1.54) is 0 Å². The average molecular weight is 895 g/mol. The van der Waals surface area contributed by atoms with Crippen LogP contribution in [0.15, 0.2) is 61.2 Å². The number of benzene rings is 1. The van der Waals surface area contributed by atoms with Crippen LogP contribution in [0.2, 0.25) is 5.02 Å². The number of nitrogens with zero attached hydrogens (tertiary/aromatic N) is 7. The molecule has 6 rings (SSSR count). The van der Waals surface area contributed by atoms with Crippen LogP contribution in [-0.4, -0.2) is 109 Å². The van der Waals surface area contributed by atoms with Crippen LogP contribution >= 0.6 is 11.6 Å². The number of halogens is 10. The lowest BCUT2D eigenvalue weighted by Gasteiger charge is -2.35. The molecule has 0 spiro atoms. The van der Waals surface area contributed by atoms with Gasteiger partial charge in [-0.15, -0.1) is 0 Å². The molecule has 4 aromatic rings. The summed E-state index contributed by atoms with van der Waals surface area (Å²) >= 11 is 6.37. The van der Waals surface area contributed by atoms with Crippen LogP contribution in [0.5, 0.6) is 0 Å². The van der Waals surface area contributed by atoms with Crippen molar-refractivity contribution in [2.45, 2.75) is 31.4 Å². The molecule has 6 bridgehead atoms. The number of fused-ring (bicyclic) bond motifs is 6. The molecule has 1 aromatic carbocycles. The summed E-state index contributed by atoms with van der Waals surface area (Å²) in [5, 5.41) is 40.7. The van der Waals surface area contributed by atoms with E-state index in [1.807, 2.05) is 35.4 Å². The molecule has 2 aliphatic heterocycles. The van der Waals surface area contributed by atoms with Crippen molar-refractivity contribution in [2.24, 2.45) is 0 Å². The molecule has 27 heteroatoms. The molecule has 0 unspecified atom stereocenters. The van der Waals surface area contributed by atoms with Gasteiger partial charge in [-0.3, -0.25) is 4.98 Å². The maximum absolute atomic E-state index is 13.3. The first-order valence-electron chi connectivity index (χ1n) is 16.6. The number of aromatic nitrogens is 4. The van der Waals surface area contributed by atoms with E-state index in [9.17, 15) is 49.6 Å². The van der Waals surface area contributed by atoms with Crippen molar-refractivity contribution in [3.8, 4) is 6.07 Å². The van der Waals surface area contributed by atoms with Gasteiger partial charge in [0.2, 0.25) is 5.95 Å². The number of carbonyl (C=O) groups excluding carboxylic acids is 1. The molecule has 6 N–H and O–H groups in total. The van der Waals surface area contributed by atoms with Crippen LogP contribution in [0.3, 0.4) is 0 Å². The molecule has 0 aliphatic carbocycles. The molecule has 2 aliphatic rings. The lowest BCUT2D eigenvalue weighted by atomic mass is 10.0. The lowest BCUT2D eigenvalue weighted by Crippen LogP contribution is -2.50. The first-order valence-corrected chi connectivity index (χ1v) is 17.0. The first-order chi connectivity index (χ1) is 28.4. The number of alkyl halides is 9. The van der Waals surface area contributed by atoms with Crippen LogP contribution in [0.4, 0.5) is 79.0 Å². The Morgan fingerprint density at radius 2 is 1.36 bits per heavy atom. The van der Waals surface area contributed by atoms with Gasteiger partial charge < -0.3 is 41.1 Å². The predicted molar refractivity (Wildman–Crippen MR) is 195 cm³/mol. The van der Waals surface area contributed by atoms with E-state index in [2.05, 4.69) is 42.0 Å². The highest BCUT2D eigenvalue weighted by Gasteiger charge is 2.39. The number of piperazine rings is 1. The number of anilines is 6. The Labute approximate surface area is 341 Å². The third kappa shape index (κ3) is 15.2. The van der Waals surface area contributed by atoms with Gasteiger partial charge in [-0.1, -0.05) is 11.6 Å². The zero-order valence-corrected chi connectivity index (χ0v) is 31.2. The topological polar surface area (TPSA) is 247 Å². The van der Waals surface area contributed by atoms with Crippen molar-refractivity contribution in [2.75, 3.05) is 47.0 Å². The highest BCUT2D eigenvalue weighted by atomic mass is 35.5. The van der Waals surface area contributed by atoms with E-state index in [1.54, 1.807) is 35.6 Å². The quantitative estimate of drug-likeness (QED) is 0.116. The van der Waals surface area contributed by atoms with Crippen molar-refractivity contribution < 1.29 is 74.0 Å². The number of hydrogen-bond acceptors (Lipinski definition) is 12. The van der Waals surface area contributed by atoms with Crippen molar-refractivity contribution in [3.05, 3.63) is 82.9 Å². The normalized spacial score (nSPS) is 13.3. The maximum atomic E-state index is 13.3. The number of hydrogen-bond donors (Lipinski definition) is 6. The third-order valence-corrected chi connectivity index (χ3v) is 7.87. The maximum Gasteiger partial charge on any atom is 0.490 e. The predicted octanol–water partition coefficient (Wildman–Crippen LogP) is 6.63. The average Bonchev–Trinajstić information content (AvgIpc) is 3.19. The molecule has 1 saturated heterocycles. The molecule has 326 valence electrons. The second-order valence-corrected chi connectivity index (χ2v) is 12.3. The van der Waals surface area contributed by atoms with E-state index in [0.29, 0.717) is 60.8 Å². The Morgan fingerprint density at radius 1 is 0.770 bits per heavy atom. The molecule has 0 saturated carbocycles. The van der Waals surface area contributed by atoms with E-state index in [-0.39, 0.29) is 6.03 Å². The summed E-state index contributed by atoms with van der Waals surface area (Å²) in [5.74, 6) is -6.74. The van der Waals surface area contributed by atoms with Crippen molar-refractivity contribution >= 4 is 70.2 Å². The molecule has 0 atom stereocenters. The number of urea groups is 1. The zero-order chi connectivity index (χ0) is 45.7. The highest BCUT2D eigenvalue weighted by molar-refractivity contribution is 6.32. The fourth-order valence-corrected chi connectivity index (χ4v) is 4.94. The van der Waals surface area contributed by atoms with Crippen LogP contribution in [0.25, 0.3) is 0 Å². The molecule has 3 aromatic heterocycles. The van der Waals surface area contributed by atoms with Crippen molar-refractivity contribution in [3.63, 3.8) is 0 Å². The van der Waals surface area contributed by atoms with Gasteiger partial charge in [0.15, 0.2) is 5.82 Å². The van der Waals surface area contributed by atoms with E-state index in [0.717, 1.165) is 34.6 Å². The summed E-state index contributed by atoms with van der Waals surface area (Å²) in [7, 11) is 0. The van der Waals surface area contributed by atoms with Gasteiger partial charge in [-0.2, -0.15) is 49.8 Å². The van der Waals surface area contributed by atoms with Crippen LogP contribution in [0.1, 0.15) is 16.7 Å². The van der Waals surface area contributed by atoms with Gasteiger partial charge in [0.25, 0.3) is 0 Å². The molecule has 0 radical (unpaired) electrons. The Kier molecular flexibility index (Phi) is 16.3. The summed E-state index contributed by atoms with van der Waals surface area (Å²) in [5.41, 5.74) is 4.84. The Morgan fingerprint density at radius 3 is 1.92 bits per heavy atom. The van der Waals surface area contributed by atoms with E-state index < -0.39 is 36.4 Å². The monoisotopic (exact) mass is 894 g/mol. The van der Waals surface area contributed by atoms with Gasteiger partial charge >= 0.3 is 42.5 Å². The molecule has 61 heavy (non-hydrogen) atoms. The minimum atomic E-state index is -5.08. The molecular formula is C34H28ClF9N10O7. The van der Waals surface area contributed by atoms with E-state index >= 15 is 0 Å². The van der Waals surface area contributed by atoms with Crippen LogP contribution in [-0.2, 0) is 27.2 Å². The number of nitrogens with one attached hydrogen (secondary N) is 3. The van der Waals surface area contributed by atoms with Crippen molar-refractivity contribution in [1.82, 2.24) is 24.8 Å². The number of aliphatic carboxylic acids is 3. The number of rotatable bonds is 2. The Balaban J connectivity index is 0.000000390.